The summed E-state index contributed by atoms with van der Waals surface area (Å²) in [5, 5.41) is 3.08. The molecule has 92 valence electrons. The largest absolute Gasteiger partial charge is 0.368 e. The zero-order valence-electron chi connectivity index (χ0n) is 9.84. The van der Waals surface area contributed by atoms with Gasteiger partial charge < -0.3 is 10.3 Å². The van der Waals surface area contributed by atoms with E-state index in [1.165, 1.54) is 0 Å². The summed E-state index contributed by atoms with van der Waals surface area (Å²) in [5.41, 5.74) is 7.50. The normalized spacial score (nSPS) is 18.3. The summed E-state index contributed by atoms with van der Waals surface area (Å²) in [6.45, 7) is 1.51. The molecule has 0 aliphatic carbocycles. The van der Waals surface area contributed by atoms with E-state index in [1.807, 2.05) is 30.3 Å². The molecule has 0 saturated heterocycles. The van der Waals surface area contributed by atoms with Crippen LogP contribution in [0, 0.1) is 0 Å². The Bertz CT molecular complexity index is 576. The Morgan fingerprint density at radius 2 is 2.17 bits per heavy atom. The van der Waals surface area contributed by atoms with Gasteiger partial charge in [0.25, 0.3) is 0 Å². The van der Waals surface area contributed by atoms with Gasteiger partial charge in [-0.3, -0.25) is 10.1 Å². The lowest BCUT2D eigenvalue weighted by atomic mass is 10.1. The molecule has 0 spiro atoms. The standard InChI is InChI=1S/C13H14N4O/c14-12(18)11-13-16-8-10(17(13)7-6-15-11)9-4-2-1-3-5-9/h1-5,8,11,15H,6-7H2,(H2,14,18). The van der Waals surface area contributed by atoms with E-state index in [1.54, 1.807) is 6.20 Å². The first-order valence-corrected chi connectivity index (χ1v) is 5.91. The lowest BCUT2D eigenvalue weighted by Crippen LogP contribution is -2.41. The van der Waals surface area contributed by atoms with Gasteiger partial charge in [0.1, 0.15) is 11.9 Å². The third kappa shape index (κ3) is 1.69. The average Bonchev–Trinajstić information content (AvgIpc) is 2.83. The summed E-state index contributed by atoms with van der Waals surface area (Å²) in [5.74, 6) is 0.314. The first kappa shape index (κ1) is 11.0. The molecule has 5 heteroatoms. The van der Waals surface area contributed by atoms with E-state index in [2.05, 4.69) is 14.9 Å². The highest BCUT2D eigenvalue weighted by Crippen LogP contribution is 2.25. The van der Waals surface area contributed by atoms with Crippen molar-refractivity contribution in [2.45, 2.75) is 12.6 Å². The van der Waals surface area contributed by atoms with Gasteiger partial charge in [0, 0.05) is 13.1 Å². The van der Waals surface area contributed by atoms with E-state index in [4.69, 9.17) is 5.73 Å². The topological polar surface area (TPSA) is 72.9 Å². The highest BCUT2D eigenvalue weighted by Gasteiger charge is 2.27. The van der Waals surface area contributed by atoms with E-state index in [-0.39, 0.29) is 5.91 Å². The van der Waals surface area contributed by atoms with Crippen molar-refractivity contribution in [1.29, 1.82) is 0 Å². The highest BCUT2D eigenvalue weighted by molar-refractivity contribution is 5.81. The molecule has 3 rings (SSSR count). The number of nitrogens with two attached hydrogens (primary N) is 1. The van der Waals surface area contributed by atoms with Crippen LogP contribution in [-0.2, 0) is 11.3 Å². The first-order chi connectivity index (χ1) is 8.77. The molecule has 0 saturated carbocycles. The van der Waals surface area contributed by atoms with Crippen LogP contribution in [0.4, 0.5) is 0 Å². The second-order valence-corrected chi connectivity index (χ2v) is 4.31. The molecule has 1 atom stereocenters. The Morgan fingerprint density at radius 3 is 2.89 bits per heavy atom. The minimum absolute atomic E-state index is 0.388. The minimum Gasteiger partial charge on any atom is -0.368 e. The average molecular weight is 242 g/mol. The van der Waals surface area contributed by atoms with Gasteiger partial charge in [0.05, 0.1) is 11.9 Å². The molecule has 2 aromatic rings. The van der Waals surface area contributed by atoms with Gasteiger partial charge in [0.2, 0.25) is 5.91 Å². The third-order valence-corrected chi connectivity index (χ3v) is 3.18. The number of hydrogen-bond acceptors (Lipinski definition) is 3. The molecular weight excluding hydrogens is 228 g/mol. The lowest BCUT2D eigenvalue weighted by molar-refractivity contribution is -0.120. The van der Waals surface area contributed by atoms with E-state index >= 15 is 0 Å². The van der Waals surface area contributed by atoms with Crippen LogP contribution in [0.2, 0.25) is 0 Å². The van der Waals surface area contributed by atoms with E-state index in [0.717, 1.165) is 24.3 Å². The van der Waals surface area contributed by atoms with Crippen LogP contribution in [0.1, 0.15) is 11.9 Å². The third-order valence-electron chi connectivity index (χ3n) is 3.18. The number of hydrogen-bond donors (Lipinski definition) is 2. The van der Waals surface area contributed by atoms with Gasteiger partial charge >= 0.3 is 0 Å². The fraction of sp³-hybridized carbons (Fsp3) is 0.231. The summed E-state index contributed by atoms with van der Waals surface area (Å²) in [6, 6.07) is 9.53. The summed E-state index contributed by atoms with van der Waals surface area (Å²) < 4.78 is 2.06. The Kier molecular flexibility index (Phi) is 2.60. The lowest BCUT2D eigenvalue weighted by Gasteiger charge is -2.23. The number of rotatable bonds is 2. The summed E-state index contributed by atoms with van der Waals surface area (Å²) in [4.78, 5) is 15.7. The number of benzene rings is 1. The van der Waals surface area contributed by atoms with Crippen molar-refractivity contribution >= 4 is 5.91 Å². The quantitative estimate of drug-likeness (QED) is 0.813. The van der Waals surface area contributed by atoms with Gasteiger partial charge in [-0.25, -0.2) is 4.98 Å². The molecule has 0 fully saturated rings. The van der Waals surface area contributed by atoms with E-state index in [9.17, 15) is 4.79 Å². The predicted molar refractivity (Wildman–Crippen MR) is 67.6 cm³/mol. The molecule has 18 heavy (non-hydrogen) atoms. The van der Waals surface area contributed by atoms with Crippen LogP contribution in [0.15, 0.2) is 36.5 Å². The van der Waals surface area contributed by atoms with Crippen molar-refractivity contribution < 1.29 is 4.79 Å². The number of amides is 1. The SMILES string of the molecule is NC(=O)C1NCCn2c(-c3ccccc3)cnc21. The number of carbonyl (C=O) groups is 1. The molecule has 1 unspecified atom stereocenters. The van der Waals surface area contributed by atoms with Crippen molar-refractivity contribution in [2.24, 2.45) is 5.73 Å². The summed E-state index contributed by atoms with van der Waals surface area (Å²) in [6.07, 6.45) is 1.80. The van der Waals surface area contributed by atoms with Crippen molar-refractivity contribution in [3.05, 3.63) is 42.4 Å². The zero-order chi connectivity index (χ0) is 12.5. The van der Waals surface area contributed by atoms with E-state index in [0.29, 0.717) is 5.82 Å². The Morgan fingerprint density at radius 1 is 1.39 bits per heavy atom. The molecule has 1 aliphatic rings. The summed E-state index contributed by atoms with van der Waals surface area (Å²) >= 11 is 0. The van der Waals surface area contributed by atoms with Gasteiger partial charge in [-0.1, -0.05) is 30.3 Å². The number of primary amides is 1. The van der Waals surface area contributed by atoms with Crippen molar-refractivity contribution in [1.82, 2.24) is 14.9 Å². The Labute approximate surface area is 105 Å². The van der Waals surface area contributed by atoms with Crippen LogP contribution < -0.4 is 11.1 Å². The molecule has 0 bridgehead atoms. The number of nitrogens with zero attached hydrogens (tertiary/aromatic N) is 2. The molecule has 1 amide bonds. The maximum atomic E-state index is 11.4. The number of imidazole rings is 1. The summed E-state index contributed by atoms with van der Waals surface area (Å²) in [7, 11) is 0. The fourth-order valence-corrected chi connectivity index (χ4v) is 2.33. The Hall–Kier alpha value is -2.14. The minimum atomic E-state index is -0.490. The van der Waals surface area contributed by atoms with Crippen molar-refractivity contribution in [2.75, 3.05) is 6.54 Å². The molecule has 1 aromatic carbocycles. The van der Waals surface area contributed by atoms with Gasteiger partial charge in [0.15, 0.2) is 0 Å². The second kappa shape index (κ2) is 4.27. The van der Waals surface area contributed by atoms with Gasteiger partial charge in [-0.15, -0.1) is 0 Å². The van der Waals surface area contributed by atoms with Crippen LogP contribution in [-0.4, -0.2) is 22.0 Å². The smallest absolute Gasteiger partial charge is 0.242 e. The Balaban J connectivity index is 2.08. The fourth-order valence-electron chi connectivity index (χ4n) is 2.33. The van der Waals surface area contributed by atoms with Crippen LogP contribution in [0.25, 0.3) is 11.3 Å². The molecule has 2 heterocycles. The van der Waals surface area contributed by atoms with Crippen LogP contribution in [0.5, 0.6) is 0 Å². The molecule has 3 N–H and O–H groups in total. The number of nitrogens with one attached hydrogen (secondary N) is 1. The molecular formula is C13H14N4O. The number of fused-ring (bicyclic) bond motifs is 1. The van der Waals surface area contributed by atoms with E-state index < -0.39 is 6.04 Å². The second-order valence-electron chi connectivity index (χ2n) is 4.31. The van der Waals surface area contributed by atoms with Gasteiger partial charge in [-0.05, 0) is 5.56 Å². The molecule has 5 nitrogen and oxygen atoms in total. The maximum absolute atomic E-state index is 11.4. The molecule has 1 aromatic heterocycles. The first-order valence-electron chi connectivity index (χ1n) is 5.91. The molecule has 0 radical (unpaired) electrons. The van der Waals surface area contributed by atoms with Crippen LogP contribution in [0.3, 0.4) is 0 Å². The van der Waals surface area contributed by atoms with Crippen molar-refractivity contribution in [3.63, 3.8) is 0 Å². The van der Waals surface area contributed by atoms with Crippen LogP contribution >= 0.6 is 0 Å². The number of aromatic nitrogens is 2. The van der Waals surface area contributed by atoms with Crippen molar-refractivity contribution in [3.8, 4) is 11.3 Å². The monoisotopic (exact) mass is 242 g/mol. The molecule has 1 aliphatic heterocycles. The highest BCUT2D eigenvalue weighted by atomic mass is 16.1. The predicted octanol–water partition coefficient (Wildman–Crippen LogP) is 0.680. The number of carbonyl (C=O) groups excluding carboxylic acids is 1. The maximum Gasteiger partial charge on any atom is 0.242 e. The van der Waals surface area contributed by atoms with Gasteiger partial charge in [-0.2, -0.15) is 0 Å². The zero-order valence-corrected chi connectivity index (χ0v) is 9.84.